The zero-order valence-electron chi connectivity index (χ0n) is 19.1. The second-order valence-electron chi connectivity index (χ2n) is 8.39. The maximum Gasteiger partial charge on any atom is 0.332 e. The minimum atomic E-state index is -0.828. The molecule has 0 aromatic heterocycles. The number of anilines is 2. The second-order valence-corrected chi connectivity index (χ2v) is 8.39. The fraction of sp³-hybridized carbons (Fsp3) is 0.400. The maximum atomic E-state index is 13.2. The van der Waals surface area contributed by atoms with Crippen molar-refractivity contribution >= 4 is 29.2 Å². The van der Waals surface area contributed by atoms with Crippen LogP contribution in [-0.4, -0.2) is 41.9 Å². The zero-order chi connectivity index (χ0) is 23.3. The lowest BCUT2D eigenvalue weighted by Crippen LogP contribution is -2.39. The van der Waals surface area contributed by atoms with Crippen molar-refractivity contribution in [3.63, 3.8) is 0 Å². The van der Waals surface area contributed by atoms with Crippen LogP contribution in [0.3, 0.4) is 0 Å². The SMILES string of the molecule is CCOc1ccc(NC(=O)CC2C(=O)N(c3ccc(C)cc3)C(=O)N2CCC(C)C)cc1. The van der Waals surface area contributed by atoms with Gasteiger partial charge in [0.25, 0.3) is 5.91 Å². The third-order valence-corrected chi connectivity index (χ3v) is 5.39. The van der Waals surface area contributed by atoms with Gasteiger partial charge in [-0.25, -0.2) is 9.69 Å². The first-order valence-corrected chi connectivity index (χ1v) is 11.0. The van der Waals surface area contributed by atoms with Gasteiger partial charge in [-0.1, -0.05) is 31.5 Å². The average Bonchev–Trinajstić information content (AvgIpc) is 2.98. The number of aryl methyl sites for hydroxylation is 1. The molecule has 3 rings (SSSR count). The standard InChI is InChI=1S/C25H31N3O4/c1-5-32-21-12-8-19(9-13-21)26-23(29)16-22-24(30)28(20-10-6-18(4)7-11-20)25(31)27(22)15-14-17(2)3/h6-13,17,22H,5,14-16H2,1-4H3,(H,26,29). The Morgan fingerprint density at radius 3 is 2.31 bits per heavy atom. The Morgan fingerprint density at radius 2 is 1.72 bits per heavy atom. The topological polar surface area (TPSA) is 79.0 Å². The van der Waals surface area contributed by atoms with Gasteiger partial charge in [0.2, 0.25) is 5.91 Å². The number of imide groups is 1. The average molecular weight is 438 g/mol. The first-order chi connectivity index (χ1) is 15.3. The van der Waals surface area contributed by atoms with Gasteiger partial charge in [0.1, 0.15) is 11.8 Å². The first-order valence-electron chi connectivity index (χ1n) is 11.0. The van der Waals surface area contributed by atoms with Gasteiger partial charge in [-0.2, -0.15) is 0 Å². The smallest absolute Gasteiger partial charge is 0.332 e. The van der Waals surface area contributed by atoms with E-state index in [4.69, 9.17) is 4.74 Å². The van der Waals surface area contributed by atoms with Crippen LogP contribution in [0.4, 0.5) is 16.2 Å². The number of ether oxygens (including phenoxy) is 1. The highest BCUT2D eigenvalue weighted by atomic mass is 16.5. The lowest BCUT2D eigenvalue weighted by Gasteiger charge is -2.22. The van der Waals surface area contributed by atoms with Crippen LogP contribution in [0.5, 0.6) is 5.75 Å². The monoisotopic (exact) mass is 437 g/mol. The molecule has 1 saturated heterocycles. The van der Waals surface area contributed by atoms with Gasteiger partial charge in [0, 0.05) is 12.2 Å². The van der Waals surface area contributed by atoms with E-state index in [2.05, 4.69) is 19.2 Å². The Balaban J connectivity index is 1.76. The molecule has 0 spiro atoms. The van der Waals surface area contributed by atoms with Crippen molar-refractivity contribution in [2.24, 2.45) is 5.92 Å². The van der Waals surface area contributed by atoms with Crippen LogP contribution in [0.25, 0.3) is 0 Å². The fourth-order valence-corrected chi connectivity index (χ4v) is 3.60. The molecule has 0 aliphatic carbocycles. The molecule has 4 amide bonds. The molecule has 0 saturated carbocycles. The normalized spacial score (nSPS) is 16.1. The van der Waals surface area contributed by atoms with Crippen molar-refractivity contribution in [1.82, 2.24) is 4.90 Å². The molecule has 7 nitrogen and oxygen atoms in total. The summed E-state index contributed by atoms with van der Waals surface area (Å²) in [5, 5.41) is 2.82. The highest BCUT2D eigenvalue weighted by molar-refractivity contribution is 6.22. The van der Waals surface area contributed by atoms with Crippen LogP contribution in [0, 0.1) is 12.8 Å². The molecular formula is C25H31N3O4. The minimum absolute atomic E-state index is 0.0990. The van der Waals surface area contributed by atoms with Gasteiger partial charge in [-0.05, 0) is 62.6 Å². The summed E-state index contributed by atoms with van der Waals surface area (Å²) in [5.41, 5.74) is 2.17. The highest BCUT2D eigenvalue weighted by Gasteiger charge is 2.46. The van der Waals surface area contributed by atoms with E-state index < -0.39 is 6.04 Å². The molecule has 1 aliphatic rings. The highest BCUT2D eigenvalue weighted by Crippen LogP contribution is 2.28. The number of hydrogen-bond acceptors (Lipinski definition) is 4. The van der Waals surface area contributed by atoms with E-state index in [1.807, 2.05) is 26.0 Å². The number of carbonyl (C=O) groups is 3. The Labute approximate surface area is 189 Å². The van der Waals surface area contributed by atoms with E-state index in [1.165, 1.54) is 9.80 Å². The summed E-state index contributed by atoms with van der Waals surface area (Å²) in [5.74, 6) is 0.394. The van der Waals surface area contributed by atoms with Gasteiger partial charge >= 0.3 is 6.03 Å². The summed E-state index contributed by atoms with van der Waals surface area (Å²) in [6.07, 6.45) is 0.649. The number of hydrogen-bond donors (Lipinski definition) is 1. The molecule has 170 valence electrons. The Hall–Kier alpha value is -3.35. The lowest BCUT2D eigenvalue weighted by atomic mass is 10.1. The van der Waals surface area contributed by atoms with E-state index in [0.717, 1.165) is 17.7 Å². The van der Waals surface area contributed by atoms with Crippen molar-refractivity contribution in [2.75, 3.05) is 23.4 Å². The number of amides is 4. The van der Waals surface area contributed by atoms with Gasteiger partial charge in [-0.15, -0.1) is 0 Å². The summed E-state index contributed by atoms with van der Waals surface area (Å²) < 4.78 is 5.41. The predicted molar refractivity (Wildman–Crippen MR) is 125 cm³/mol. The van der Waals surface area contributed by atoms with E-state index in [-0.39, 0.29) is 24.3 Å². The molecule has 32 heavy (non-hydrogen) atoms. The number of urea groups is 1. The van der Waals surface area contributed by atoms with Crippen LogP contribution in [0.15, 0.2) is 48.5 Å². The Kier molecular flexibility index (Phi) is 7.51. The van der Waals surface area contributed by atoms with Crippen LogP contribution in [0.2, 0.25) is 0 Å². The molecule has 7 heteroatoms. The predicted octanol–water partition coefficient (Wildman–Crippen LogP) is 4.61. The van der Waals surface area contributed by atoms with Crippen molar-refractivity contribution in [2.45, 2.75) is 46.6 Å². The first kappa shape index (κ1) is 23.3. The number of nitrogens with one attached hydrogen (secondary N) is 1. The summed E-state index contributed by atoms with van der Waals surface area (Å²) in [6, 6.07) is 13.1. The van der Waals surface area contributed by atoms with Crippen LogP contribution in [0.1, 0.15) is 39.2 Å². The molecule has 2 aromatic carbocycles. The van der Waals surface area contributed by atoms with E-state index in [0.29, 0.717) is 30.4 Å². The Morgan fingerprint density at radius 1 is 1.06 bits per heavy atom. The van der Waals surface area contributed by atoms with Crippen LogP contribution in [-0.2, 0) is 9.59 Å². The largest absolute Gasteiger partial charge is 0.494 e. The molecule has 1 heterocycles. The van der Waals surface area contributed by atoms with E-state index >= 15 is 0 Å². The van der Waals surface area contributed by atoms with E-state index in [9.17, 15) is 14.4 Å². The molecular weight excluding hydrogens is 406 g/mol. The quantitative estimate of drug-likeness (QED) is 0.581. The van der Waals surface area contributed by atoms with Crippen LogP contribution >= 0.6 is 0 Å². The molecule has 1 aliphatic heterocycles. The van der Waals surface area contributed by atoms with Crippen molar-refractivity contribution in [3.05, 3.63) is 54.1 Å². The Bertz CT molecular complexity index is 954. The second kappa shape index (κ2) is 10.3. The summed E-state index contributed by atoms with van der Waals surface area (Å²) in [4.78, 5) is 41.8. The number of nitrogens with zero attached hydrogens (tertiary/aromatic N) is 2. The van der Waals surface area contributed by atoms with Crippen molar-refractivity contribution in [3.8, 4) is 5.75 Å². The summed E-state index contributed by atoms with van der Waals surface area (Å²) in [6.45, 7) is 8.96. The molecule has 2 aromatic rings. The molecule has 1 fully saturated rings. The van der Waals surface area contributed by atoms with Gasteiger partial charge in [-0.3, -0.25) is 9.59 Å². The van der Waals surface area contributed by atoms with Crippen LogP contribution < -0.4 is 15.0 Å². The van der Waals surface area contributed by atoms with Crippen molar-refractivity contribution < 1.29 is 19.1 Å². The third kappa shape index (κ3) is 5.46. The molecule has 1 atom stereocenters. The number of carbonyl (C=O) groups excluding carboxylic acids is 3. The van der Waals surface area contributed by atoms with Gasteiger partial charge in [0.05, 0.1) is 18.7 Å². The summed E-state index contributed by atoms with van der Waals surface area (Å²) in [7, 11) is 0. The van der Waals surface area contributed by atoms with Gasteiger partial charge in [0.15, 0.2) is 0 Å². The van der Waals surface area contributed by atoms with Crippen molar-refractivity contribution in [1.29, 1.82) is 0 Å². The third-order valence-electron chi connectivity index (χ3n) is 5.39. The maximum absolute atomic E-state index is 13.2. The molecule has 0 radical (unpaired) electrons. The fourth-order valence-electron chi connectivity index (χ4n) is 3.60. The number of rotatable bonds is 9. The summed E-state index contributed by atoms with van der Waals surface area (Å²) >= 11 is 0. The van der Waals surface area contributed by atoms with E-state index in [1.54, 1.807) is 36.4 Å². The lowest BCUT2D eigenvalue weighted by molar-refractivity contribution is -0.124. The molecule has 1 unspecified atom stereocenters. The molecule has 0 bridgehead atoms. The zero-order valence-corrected chi connectivity index (χ0v) is 19.1. The number of benzene rings is 2. The minimum Gasteiger partial charge on any atom is -0.494 e. The molecule has 1 N–H and O–H groups in total. The van der Waals surface area contributed by atoms with Gasteiger partial charge < -0.3 is 15.0 Å².